The van der Waals surface area contributed by atoms with E-state index in [4.69, 9.17) is 14.2 Å². The Morgan fingerprint density at radius 2 is 1.64 bits per heavy atom. The van der Waals surface area contributed by atoms with E-state index in [1.165, 1.54) is 23.5 Å². The first-order chi connectivity index (χ1) is 12.0. The van der Waals surface area contributed by atoms with Gasteiger partial charge in [-0.1, -0.05) is 0 Å². The van der Waals surface area contributed by atoms with E-state index in [0.29, 0.717) is 40.0 Å². The number of ether oxygens (including phenoxy) is 3. The van der Waals surface area contributed by atoms with E-state index in [1.54, 1.807) is 19.1 Å². The van der Waals surface area contributed by atoms with Gasteiger partial charge in [0.2, 0.25) is 0 Å². The van der Waals surface area contributed by atoms with Gasteiger partial charge in [0.25, 0.3) is 5.69 Å². The number of nitro benzene ring substituents is 1. The van der Waals surface area contributed by atoms with Crippen LogP contribution in [0.1, 0.15) is 30.4 Å². The standard InChI is InChI=1S/C17H19NO6S/c1-4-22-13-14(23-5-2)16(17(19)24-6-3)25-15(13)11-7-9-12(10-8-11)18(20)21/h7-10H,4-6H2,1-3H3. The molecule has 0 atom stereocenters. The van der Waals surface area contributed by atoms with Gasteiger partial charge in [0.05, 0.1) is 29.6 Å². The molecular weight excluding hydrogens is 346 g/mol. The van der Waals surface area contributed by atoms with Gasteiger partial charge >= 0.3 is 5.97 Å². The van der Waals surface area contributed by atoms with Gasteiger partial charge < -0.3 is 14.2 Å². The number of benzene rings is 1. The van der Waals surface area contributed by atoms with Gasteiger partial charge in [0, 0.05) is 12.1 Å². The van der Waals surface area contributed by atoms with Crippen LogP contribution in [0.3, 0.4) is 0 Å². The lowest BCUT2D eigenvalue weighted by Gasteiger charge is -2.09. The number of carbonyl (C=O) groups excluding carboxylic acids is 1. The average molecular weight is 365 g/mol. The van der Waals surface area contributed by atoms with Crippen LogP contribution in [0, 0.1) is 10.1 Å². The van der Waals surface area contributed by atoms with Gasteiger partial charge in [-0.3, -0.25) is 10.1 Å². The van der Waals surface area contributed by atoms with Crippen molar-refractivity contribution in [1.82, 2.24) is 0 Å². The fourth-order valence-corrected chi connectivity index (χ4v) is 3.30. The van der Waals surface area contributed by atoms with Crippen molar-refractivity contribution in [3.63, 3.8) is 0 Å². The summed E-state index contributed by atoms with van der Waals surface area (Å²) in [4.78, 5) is 23.6. The summed E-state index contributed by atoms with van der Waals surface area (Å²) < 4.78 is 16.4. The van der Waals surface area contributed by atoms with Crippen LogP contribution in [0.15, 0.2) is 24.3 Å². The second-order valence-electron chi connectivity index (χ2n) is 4.81. The number of carbonyl (C=O) groups is 1. The van der Waals surface area contributed by atoms with Crippen molar-refractivity contribution in [2.24, 2.45) is 0 Å². The maximum atomic E-state index is 12.2. The summed E-state index contributed by atoms with van der Waals surface area (Å²) >= 11 is 1.19. The monoisotopic (exact) mass is 365 g/mol. The van der Waals surface area contributed by atoms with Crippen LogP contribution in [-0.2, 0) is 4.74 Å². The summed E-state index contributed by atoms with van der Waals surface area (Å²) in [6.07, 6.45) is 0. The van der Waals surface area contributed by atoms with E-state index in [2.05, 4.69) is 0 Å². The Hall–Kier alpha value is -2.61. The lowest BCUT2D eigenvalue weighted by Crippen LogP contribution is -2.05. The molecule has 0 unspecified atom stereocenters. The van der Waals surface area contributed by atoms with Crippen molar-refractivity contribution in [2.75, 3.05) is 19.8 Å². The summed E-state index contributed by atoms with van der Waals surface area (Å²) in [5.41, 5.74) is 0.699. The van der Waals surface area contributed by atoms with Crippen molar-refractivity contribution in [1.29, 1.82) is 0 Å². The Kier molecular flexibility index (Phi) is 6.35. The number of nitrogens with zero attached hydrogens (tertiary/aromatic N) is 1. The van der Waals surface area contributed by atoms with Gasteiger partial charge in [-0.15, -0.1) is 11.3 Å². The first-order valence-electron chi connectivity index (χ1n) is 7.87. The molecule has 2 rings (SSSR count). The highest BCUT2D eigenvalue weighted by atomic mass is 32.1. The van der Waals surface area contributed by atoms with Crippen LogP contribution in [-0.4, -0.2) is 30.7 Å². The minimum Gasteiger partial charge on any atom is -0.488 e. The van der Waals surface area contributed by atoms with Crippen LogP contribution in [0.4, 0.5) is 5.69 Å². The van der Waals surface area contributed by atoms with E-state index >= 15 is 0 Å². The van der Waals surface area contributed by atoms with E-state index in [9.17, 15) is 14.9 Å². The second-order valence-corrected chi connectivity index (χ2v) is 5.83. The van der Waals surface area contributed by atoms with Crippen molar-refractivity contribution in [2.45, 2.75) is 20.8 Å². The third-order valence-electron chi connectivity index (χ3n) is 3.20. The predicted octanol–water partition coefficient (Wildman–Crippen LogP) is 4.30. The van der Waals surface area contributed by atoms with Crippen LogP contribution in [0.5, 0.6) is 11.5 Å². The highest BCUT2D eigenvalue weighted by molar-refractivity contribution is 7.18. The van der Waals surface area contributed by atoms with Crippen molar-refractivity contribution in [3.8, 4) is 21.9 Å². The molecule has 8 heteroatoms. The molecule has 25 heavy (non-hydrogen) atoms. The Morgan fingerprint density at radius 1 is 1.04 bits per heavy atom. The molecule has 134 valence electrons. The Labute approximate surface area is 149 Å². The zero-order valence-corrected chi connectivity index (χ0v) is 15.1. The summed E-state index contributed by atoms with van der Waals surface area (Å²) in [5.74, 6) is 0.317. The lowest BCUT2D eigenvalue weighted by molar-refractivity contribution is -0.384. The summed E-state index contributed by atoms with van der Waals surface area (Å²) in [6, 6.07) is 6.07. The van der Waals surface area contributed by atoms with Gasteiger partial charge in [0.15, 0.2) is 16.4 Å². The zero-order chi connectivity index (χ0) is 18.4. The molecule has 0 aliphatic rings. The highest BCUT2D eigenvalue weighted by Gasteiger charge is 2.27. The number of esters is 1. The predicted molar refractivity (Wildman–Crippen MR) is 94.7 cm³/mol. The average Bonchev–Trinajstić information content (AvgIpc) is 2.95. The molecule has 0 amide bonds. The maximum absolute atomic E-state index is 12.2. The summed E-state index contributed by atoms with van der Waals surface area (Å²) in [6.45, 7) is 6.37. The minimum absolute atomic E-state index is 0.00564. The van der Waals surface area contributed by atoms with E-state index in [1.807, 2.05) is 13.8 Å². The molecule has 0 N–H and O–H groups in total. The number of non-ortho nitro benzene ring substituents is 1. The molecule has 0 aliphatic carbocycles. The molecule has 0 spiro atoms. The first kappa shape index (κ1) is 18.7. The van der Waals surface area contributed by atoms with Crippen LogP contribution in [0.25, 0.3) is 10.4 Å². The van der Waals surface area contributed by atoms with E-state index in [0.717, 1.165) is 0 Å². The highest BCUT2D eigenvalue weighted by Crippen LogP contribution is 2.48. The van der Waals surface area contributed by atoms with Crippen molar-refractivity contribution in [3.05, 3.63) is 39.3 Å². The molecule has 7 nitrogen and oxygen atoms in total. The minimum atomic E-state index is -0.481. The molecule has 2 aromatic rings. The van der Waals surface area contributed by atoms with Gasteiger partial charge in [0.1, 0.15) is 0 Å². The largest absolute Gasteiger partial charge is 0.488 e. The maximum Gasteiger partial charge on any atom is 0.352 e. The van der Waals surface area contributed by atoms with Crippen molar-refractivity contribution >= 4 is 23.0 Å². The number of nitro groups is 1. The van der Waals surface area contributed by atoms with E-state index < -0.39 is 10.9 Å². The van der Waals surface area contributed by atoms with Crippen LogP contribution >= 0.6 is 11.3 Å². The first-order valence-corrected chi connectivity index (χ1v) is 8.69. The zero-order valence-electron chi connectivity index (χ0n) is 14.2. The lowest BCUT2D eigenvalue weighted by atomic mass is 10.1. The Balaban J connectivity index is 2.56. The smallest absolute Gasteiger partial charge is 0.352 e. The molecule has 0 saturated heterocycles. The second kappa shape index (κ2) is 8.48. The van der Waals surface area contributed by atoms with Crippen LogP contribution in [0.2, 0.25) is 0 Å². The molecule has 0 fully saturated rings. The molecule has 1 heterocycles. The third-order valence-corrected chi connectivity index (χ3v) is 4.38. The number of thiophene rings is 1. The molecule has 0 radical (unpaired) electrons. The summed E-state index contributed by atoms with van der Waals surface area (Å²) in [5, 5.41) is 10.8. The summed E-state index contributed by atoms with van der Waals surface area (Å²) in [7, 11) is 0. The fourth-order valence-electron chi connectivity index (χ4n) is 2.21. The fraction of sp³-hybridized carbons (Fsp3) is 0.353. The van der Waals surface area contributed by atoms with Gasteiger partial charge in [-0.25, -0.2) is 4.79 Å². The molecule has 0 aliphatic heterocycles. The van der Waals surface area contributed by atoms with E-state index in [-0.39, 0.29) is 12.3 Å². The number of hydrogen-bond donors (Lipinski definition) is 0. The number of hydrogen-bond acceptors (Lipinski definition) is 7. The number of rotatable bonds is 8. The quantitative estimate of drug-likeness (QED) is 0.394. The molecule has 1 aromatic heterocycles. The van der Waals surface area contributed by atoms with Gasteiger partial charge in [-0.05, 0) is 38.5 Å². The molecular formula is C17H19NO6S. The normalized spacial score (nSPS) is 10.4. The SMILES string of the molecule is CCOC(=O)c1sc(-c2ccc([N+](=O)[O-])cc2)c(OCC)c1OCC. The Morgan fingerprint density at radius 3 is 2.16 bits per heavy atom. The molecule has 1 aromatic carbocycles. The topological polar surface area (TPSA) is 87.9 Å². The molecule has 0 saturated carbocycles. The molecule has 0 bridgehead atoms. The van der Waals surface area contributed by atoms with Crippen LogP contribution < -0.4 is 9.47 Å². The Bertz CT molecular complexity index is 753. The third kappa shape index (κ3) is 4.08. The van der Waals surface area contributed by atoms with Gasteiger partial charge in [-0.2, -0.15) is 0 Å². The van der Waals surface area contributed by atoms with Crippen molar-refractivity contribution < 1.29 is 23.9 Å².